The van der Waals surface area contributed by atoms with Crippen molar-refractivity contribution < 1.29 is 14.3 Å². The number of hydrogen-bond acceptors (Lipinski definition) is 4. The van der Waals surface area contributed by atoms with Gasteiger partial charge in [0.05, 0.1) is 24.4 Å². The van der Waals surface area contributed by atoms with Crippen molar-refractivity contribution in [3.8, 4) is 5.75 Å². The molecule has 2 N–H and O–H groups in total. The second kappa shape index (κ2) is 10.4. The molecule has 1 atom stereocenters. The molecule has 3 aromatic carbocycles. The average Bonchev–Trinajstić information content (AvgIpc) is 2.79. The summed E-state index contributed by atoms with van der Waals surface area (Å²) < 4.78 is 7.42. The number of carbonyl (C=O) groups excluding carboxylic acids is 2. The molecule has 0 radical (unpaired) electrons. The first-order valence-corrected chi connectivity index (χ1v) is 10.7. The van der Waals surface area contributed by atoms with Gasteiger partial charge in [0.1, 0.15) is 5.75 Å². The standard InChI is InChI=1S/C23H22BrN3O3S/c1-15(16-7-9-17(24)10-8-16)25-23(29)27(31)19-13-11-18(12-14-19)26-22(28)20-5-3-4-6-21(20)30-2/h3-15,31H,1-2H3,(H,25,29)(H,26,28). The second-order valence-corrected chi connectivity index (χ2v) is 8.05. The van der Waals surface area contributed by atoms with Crippen LogP contribution in [0.15, 0.2) is 77.3 Å². The van der Waals surface area contributed by atoms with E-state index in [1.54, 1.807) is 48.5 Å². The number of halogens is 1. The molecule has 0 aliphatic rings. The highest BCUT2D eigenvalue weighted by Gasteiger charge is 2.16. The number of methoxy groups -OCH3 is 1. The van der Waals surface area contributed by atoms with Crippen LogP contribution in [-0.4, -0.2) is 19.0 Å². The Balaban J connectivity index is 1.62. The third-order valence-corrected chi connectivity index (χ3v) is 5.56. The minimum Gasteiger partial charge on any atom is -0.496 e. The molecule has 0 bridgehead atoms. The Labute approximate surface area is 195 Å². The normalized spacial score (nSPS) is 11.4. The maximum absolute atomic E-state index is 12.6. The Morgan fingerprint density at radius 3 is 2.29 bits per heavy atom. The van der Waals surface area contributed by atoms with Crippen LogP contribution in [0.4, 0.5) is 16.2 Å². The van der Waals surface area contributed by atoms with Crippen molar-refractivity contribution in [1.29, 1.82) is 0 Å². The van der Waals surface area contributed by atoms with E-state index in [0.717, 1.165) is 10.0 Å². The van der Waals surface area contributed by atoms with Gasteiger partial charge in [-0.05, 0) is 61.0 Å². The molecule has 0 aliphatic carbocycles. The van der Waals surface area contributed by atoms with Crippen molar-refractivity contribution in [2.24, 2.45) is 0 Å². The van der Waals surface area contributed by atoms with Crippen LogP contribution in [0.5, 0.6) is 5.75 Å². The number of nitrogens with one attached hydrogen (secondary N) is 2. The number of benzene rings is 3. The SMILES string of the molecule is COc1ccccc1C(=O)Nc1ccc(N(S)C(=O)NC(C)c2ccc(Br)cc2)cc1. The number of anilines is 2. The van der Waals surface area contributed by atoms with E-state index in [-0.39, 0.29) is 18.0 Å². The zero-order valence-electron chi connectivity index (χ0n) is 17.0. The van der Waals surface area contributed by atoms with Gasteiger partial charge in [-0.2, -0.15) is 0 Å². The van der Waals surface area contributed by atoms with E-state index in [2.05, 4.69) is 39.4 Å². The molecule has 0 saturated heterocycles. The predicted octanol–water partition coefficient (Wildman–Crippen LogP) is 5.83. The quantitative estimate of drug-likeness (QED) is 0.373. The molecule has 3 amide bonds. The number of ether oxygens (including phenoxy) is 1. The average molecular weight is 500 g/mol. The number of hydrogen-bond donors (Lipinski definition) is 3. The summed E-state index contributed by atoms with van der Waals surface area (Å²) in [5.74, 6) is 0.212. The second-order valence-electron chi connectivity index (χ2n) is 6.74. The Hall–Kier alpha value is -2.97. The van der Waals surface area contributed by atoms with Crippen LogP contribution < -0.4 is 19.7 Å². The molecule has 0 aromatic heterocycles. The maximum Gasteiger partial charge on any atom is 0.332 e. The van der Waals surface area contributed by atoms with Crippen LogP contribution in [0.2, 0.25) is 0 Å². The van der Waals surface area contributed by atoms with Crippen molar-refractivity contribution in [2.45, 2.75) is 13.0 Å². The molecular weight excluding hydrogens is 478 g/mol. The molecule has 6 nitrogen and oxygen atoms in total. The summed E-state index contributed by atoms with van der Waals surface area (Å²) >= 11 is 7.72. The van der Waals surface area contributed by atoms with E-state index in [1.165, 1.54) is 11.4 Å². The van der Waals surface area contributed by atoms with Crippen molar-refractivity contribution in [3.05, 3.63) is 88.4 Å². The van der Waals surface area contributed by atoms with E-state index in [4.69, 9.17) is 4.74 Å². The summed E-state index contributed by atoms with van der Waals surface area (Å²) in [6, 6.07) is 21.0. The molecule has 3 aromatic rings. The Bertz CT molecular complexity index is 1060. The van der Waals surface area contributed by atoms with Crippen LogP contribution >= 0.6 is 28.7 Å². The number of rotatable bonds is 6. The third kappa shape index (κ3) is 5.80. The lowest BCUT2D eigenvalue weighted by molar-refractivity contribution is 0.102. The monoisotopic (exact) mass is 499 g/mol. The highest BCUT2D eigenvalue weighted by atomic mass is 79.9. The van der Waals surface area contributed by atoms with Gasteiger partial charge in [-0.3, -0.25) is 4.79 Å². The highest BCUT2D eigenvalue weighted by Crippen LogP contribution is 2.23. The fourth-order valence-electron chi connectivity index (χ4n) is 2.92. The maximum atomic E-state index is 12.6. The largest absolute Gasteiger partial charge is 0.496 e. The van der Waals surface area contributed by atoms with Crippen LogP contribution in [-0.2, 0) is 0 Å². The van der Waals surface area contributed by atoms with E-state index >= 15 is 0 Å². The van der Waals surface area contributed by atoms with Gasteiger partial charge in [-0.25, -0.2) is 9.10 Å². The summed E-state index contributed by atoms with van der Waals surface area (Å²) in [6.45, 7) is 1.90. The summed E-state index contributed by atoms with van der Waals surface area (Å²) in [7, 11) is 1.52. The minimum absolute atomic E-state index is 0.185. The Morgan fingerprint density at radius 1 is 1.00 bits per heavy atom. The molecule has 0 fully saturated rings. The summed E-state index contributed by atoms with van der Waals surface area (Å²) in [4.78, 5) is 25.1. The van der Waals surface area contributed by atoms with Crippen LogP contribution in [0.1, 0.15) is 28.9 Å². The van der Waals surface area contributed by atoms with E-state index in [0.29, 0.717) is 22.7 Å². The molecule has 8 heteroatoms. The lowest BCUT2D eigenvalue weighted by Crippen LogP contribution is -2.35. The van der Waals surface area contributed by atoms with Crippen LogP contribution in [0, 0.1) is 0 Å². The molecule has 0 heterocycles. The van der Waals surface area contributed by atoms with Crippen LogP contribution in [0.25, 0.3) is 0 Å². The molecule has 3 rings (SSSR count). The van der Waals surface area contributed by atoms with Gasteiger partial charge in [-0.15, -0.1) is 0 Å². The first kappa shape index (κ1) is 22.7. The van der Waals surface area contributed by atoms with Crippen molar-refractivity contribution in [2.75, 3.05) is 16.7 Å². The predicted molar refractivity (Wildman–Crippen MR) is 130 cm³/mol. The smallest absolute Gasteiger partial charge is 0.332 e. The minimum atomic E-state index is -0.357. The van der Waals surface area contributed by atoms with E-state index in [1.807, 2.05) is 31.2 Å². The summed E-state index contributed by atoms with van der Waals surface area (Å²) in [6.07, 6.45) is 0. The van der Waals surface area contributed by atoms with Gasteiger partial charge < -0.3 is 15.4 Å². The van der Waals surface area contributed by atoms with Crippen LogP contribution in [0.3, 0.4) is 0 Å². The number of nitrogens with zero attached hydrogens (tertiary/aromatic N) is 1. The zero-order valence-corrected chi connectivity index (χ0v) is 19.5. The van der Waals surface area contributed by atoms with Gasteiger partial charge in [0.2, 0.25) is 0 Å². The lowest BCUT2D eigenvalue weighted by atomic mass is 10.1. The molecule has 0 aliphatic heterocycles. The van der Waals surface area contributed by atoms with Crippen molar-refractivity contribution in [1.82, 2.24) is 5.32 Å². The first-order chi connectivity index (χ1) is 14.9. The number of carbonyl (C=O) groups is 2. The Kier molecular flexibility index (Phi) is 7.59. The summed E-state index contributed by atoms with van der Waals surface area (Å²) in [5.41, 5.74) is 2.57. The molecule has 0 spiro atoms. The fourth-order valence-corrected chi connectivity index (χ4v) is 3.37. The molecule has 31 heavy (non-hydrogen) atoms. The summed E-state index contributed by atoms with van der Waals surface area (Å²) in [5, 5.41) is 5.73. The van der Waals surface area contributed by atoms with Gasteiger partial charge in [0, 0.05) is 10.2 Å². The molecule has 1 unspecified atom stereocenters. The number of thiol groups is 1. The first-order valence-electron chi connectivity index (χ1n) is 9.48. The van der Waals surface area contributed by atoms with E-state index < -0.39 is 0 Å². The van der Waals surface area contributed by atoms with Gasteiger partial charge >= 0.3 is 6.03 Å². The topological polar surface area (TPSA) is 70.7 Å². The van der Waals surface area contributed by atoms with Crippen molar-refractivity contribution in [3.63, 3.8) is 0 Å². The molecule has 0 saturated carbocycles. The third-order valence-electron chi connectivity index (χ3n) is 4.62. The van der Waals surface area contributed by atoms with Gasteiger partial charge in [0.15, 0.2) is 0 Å². The van der Waals surface area contributed by atoms with E-state index in [9.17, 15) is 9.59 Å². The Morgan fingerprint density at radius 2 is 1.65 bits per heavy atom. The highest BCUT2D eigenvalue weighted by molar-refractivity contribution is 9.10. The fraction of sp³-hybridized carbons (Fsp3) is 0.130. The lowest BCUT2D eigenvalue weighted by Gasteiger charge is -2.21. The van der Waals surface area contributed by atoms with Gasteiger partial charge in [-0.1, -0.05) is 53.0 Å². The van der Waals surface area contributed by atoms with Crippen molar-refractivity contribution >= 4 is 52.1 Å². The zero-order chi connectivity index (χ0) is 22.4. The number of amides is 3. The molecule has 160 valence electrons. The van der Waals surface area contributed by atoms with Gasteiger partial charge in [0.25, 0.3) is 5.91 Å². The number of para-hydroxylation sites is 1. The number of urea groups is 1. The molecular formula is C23H22BrN3O3S.